The number of benzene rings is 2. The van der Waals surface area contributed by atoms with Gasteiger partial charge in [-0.25, -0.2) is 0 Å². The SMILES string of the molecule is c1ccc([C@H]2CO[C@]3(OCc4ccccc43)S2)cc1. The van der Waals surface area contributed by atoms with Crippen LogP contribution in [0.1, 0.15) is 21.9 Å². The number of rotatable bonds is 1. The van der Waals surface area contributed by atoms with Crippen LogP contribution in [0, 0.1) is 0 Å². The van der Waals surface area contributed by atoms with E-state index in [1.807, 2.05) is 6.07 Å². The first-order chi connectivity index (χ1) is 9.37. The number of thioether (sulfide) groups is 1. The summed E-state index contributed by atoms with van der Waals surface area (Å²) in [6, 6.07) is 18.8. The van der Waals surface area contributed by atoms with Crippen molar-refractivity contribution in [2.24, 2.45) is 0 Å². The second kappa shape index (κ2) is 4.37. The van der Waals surface area contributed by atoms with Gasteiger partial charge < -0.3 is 9.47 Å². The van der Waals surface area contributed by atoms with E-state index in [0.717, 1.165) is 0 Å². The van der Waals surface area contributed by atoms with Crippen LogP contribution >= 0.6 is 11.8 Å². The lowest BCUT2D eigenvalue weighted by atomic mass is 10.1. The van der Waals surface area contributed by atoms with E-state index in [4.69, 9.17) is 9.47 Å². The Morgan fingerprint density at radius 2 is 1.74 bits per heavy atom. The molecule has 1 spiro atoms. The molecule has 2 atom stereocenters. The molecule has 0 unspecified atom stereocenters. The van der Waals surface area contributed by atoms with Crippen LogP contribution in [0.4, 0.5) is 0 Å². The maximum atomic E-state index is 6.04. The molecule has 0 saturated carbocycles. The molecule has 1 saturated heterocycles. The predicted octanol–water partition coefficient (Wildman–Crippen LogP) is 3.83. The van der Waals surface area contributed by atoms with Crippen LogP contribution < -0.4 is 0 Å². The number of hydrogen-bond acceptors (Lipinski definition) is 3. The smallest absolute Gasteiger partial charge is 0.247 e. The van der Waals surface area contributed by atoms with Crippen LogP contribution in [-0.4, -0.2) is 6.61 Å². The van der Waals surface area contributed by atoms with E-state index in [-0.39, 0.29) is 0 Å². The van der Waals surface area contributed by atoms with Gasteiger partial charge in [0, 0.05) is 5.56 Å². The first kappa shape index (κ1) is 11.5. The van der Waals surface area contributed by atoms with Crippen LogP contribution in [0.5, 0.6) is 0 Å². The number of ether oxygens (including phenoxy) is 2. The van der Waals surface area contributed by atoms with Gasteiger partial charge in [-0.3, -0.25) is 0 Å². The van der Waals surface area contributed by atoms with Gasteiger partial charge in [0.2, 0.25) is 5.12 Å². The average Bonchev–Trinajstić information content (AvgIpc) is 3.07. The number of hydrogen-bond donors (Lipinski definition) is 0. The van der Waals surface area contributed by atoms with Crippen molar-refractivity contribution < 1.29 is 9.47 Å². The molecule has 2 nitrogen and oxygen atoms in total. The van der Waals surface area contributed by atoms with Crippen LogP contribution in [0.2, 0.25) is 0 Å². The van der Waals surface area contributed by atoms with Crippen LogP contribution in [0.25, 0.3) is 0 Å². The van der Waals surface area contributed by atoms with Gasteiger partial charge in [0.15, 0.2) is 0 Å². The molecule has 0 aliphatic carbocycles. The molecule has 0 N–H and O–H groups in total. The molecule has 96 valence electrons. The van der Waals surface area contributed by atoms with Crippen LogP contribution in [0.15, 0.2) is 54.6 Å². The highest BCUT2D eigenvalue weighted by atomic mass is 32.2. The summed E-state index contributed by atoms with van der Waals surface area (Å²) < 4.78 is 12.0. The molecular formula is C16H14O2S. The summed E-state index contributed by atoms with van der Waals surface area (Å²) in [6.07, 6.45) is 0. The fraction of sp³-hybridized carbons (Fsp3) is 0.250. The van der Waals surface area contributed by atoms with Gasteiger partial charge in [0.1, 0.15) is 0 Å². The van der Waals surface area contributed by atoms with Crippen LogP contribution in [-0.2, 0) is 21.2 Å². The second-order valence-electron chi connectivity index (χ2n) is 4.83. The molecule has 0 aromatic heterocycles. The minimum Gasteiger partial charge on any atom is -0.336 e. The molecule has 3 heteroatoms. The molecule has 19 heavy (non-hydrogen) atoms. The normalized spacial score (nSPS) is 28.7. The highest BCUT2D eigenvalue weighted by Gasteiger charge is 2.49. The van der Waals surface area contributed by atoms with Crippen molar-refractivity contribution in [1.29, 1.82) is 0 Å². The van der Waals surface area contributed by atoms with E-state index in [2.05, 4.69) is 48.5 Å². The van der Waals surface area contributed by atoms with Crippen molar-refractivity contribution in [3.05, 3.63) is 71.3 Å². The summed E-state index contributed by atoms with van der Waals surface area (Å²) in [7, 11) is 0. The second-order valence-corrected chi connectivity index (χ2v) is 6.17. The highest BCUT2D eigenvalue weighted by Crippen LogP contribution is 2.56. The zero-order valence-electron chi connectivity index (χ0n) is 10.4. The largest absolute Gasteiger partial charge is 0.336 e. The Hall–Kier alpha value is -1.29. The predicted molar refractivity (Wildman–Crippen MR) is 75.6 cm³/mol. The zero-order valence-corrected chi connectivity index (χ0v) is 11.2. The fourth-order valence-corrected chi connectivity index (χ4v) is 4.08. The minimum atomic E-state index is -0.586. The lowest BCUT2D eigenvalue weighted by molar-refractivity contribution is -0.157. The fourth-order valence-electron chi connectivity index (χ4n) is 2.68. The topological polar surface area (TPSA) is 18.5 Å². The molecule has 2 aromatic rings. The molecule has 2 aliphatic rings. The standard InChI is InChI=1S/C16H14O2S/c1-2-6-12(7-3-1)15-11-18-16(19-15)14-9-5-4-8-13(14)10-17-16/h1-9,15H,10-11H2/t15-,16+/m1/s1. The van der Waals surface area contributed by atoms with Crippen molar-refractivity contribution >= 4 is 11.8 Å². The van der Waals surface area contributed by atoms with Crippen molar-refractivity contribution in [2.75, 3.05) is 6.61 Å². The lowest BCUT2D eigenvalue weighted by Gasteiger charge is -2.22. The Labute approximate surface area is 116 Å². The van der Waals surface area contributed by atoms with Gasteiger partial charge >= 0.3 is 0 Å². The van der Waals surface area contributed by atoms with Gasteiger partial charge in [0.05, 0.1) is 18.5 Å². The third kappa shape index (κ3) is 1.81. The molecule has 2 heterocycles. The summed E-state index contributed by atoms with van der Waals surface area (Å²) in [4.78, 5) is 0. The van der Waals surface area contributed by atoms with E-state index < -0.39 is 5.12 Å². The molecule has 0 bridgehead atoms. The van der Waals surface area contributed by atoms with Crippen molar-refractivity contribution in [2.45, 2.75) is 17.0 Å². The molecule has 0 radical (unpaired) electrons. The Balaban J connectivity index is 1.66. The Morgan fingerprint density at radius 1 is 0.947 bits per heavy atom. The van der Waals surface area contributed by atoms with Gasteiger partial charge in [-0.1, -0.05) is 66.4 Å². The van der Waals surface area contributed by atoms with Gasteiger partial charge in [0.25, 0.3) is 0 Å². The first-order valence-corrected chi connectivity index (χ1v) is 7.34. The van der Waals surface area contributed by atoms with Crippen LogP contribution in [0.3, 0.4) is 0 Å². The summed E-state index contributed by atoms with van der Waals surface area (Å²) in [5.41, 5.74) is 3.72. The van der Waals surface area contributed by atoms with E-state index in [1.165, 1.54) is 16.7 Å². The Morgan fingerprint density at radius 3 is 2.63 bits per heavy atom. The van der Waals surface area contributed by atoms with Crippen molar-refractivity contribution in [1.82, 2.24) is 0 Å². The molecular weight excluding hydrogens is 256 g/mol. The third-order valence-corrected chi connectivity index (χ3v) is 5.12. The van der Waals surface area contributed by atoms with E-state index in [0.29, 0.717) is 18.5 Å². The maximum absolute atomic E-state index is 6.04. The summed E-state index contributed by atoms with van der Waals surface area (Å²) in [6.45, 7) is 1.34. The van der Waals surface area contributed by atoms with Gasteiger partial charge in [-0.2, -0.15) is 0 Å². The lowest BCUT2D eigenvalue weighted by Crippen LogP contribution is -2.19. The Bertz CT molecular complexity index is 599. The van der Waals surface area contributed by atoms with Crippen molar-refractivity contribution in [3.63, 3.8) is 0 Å². The summed E-state index contributed by atoms with van der Waals surface area (Å²) in [5, 5.41) is -0.246. The molecule has 0 amide bonds. The van der Waals surface area contributed by atoms with Crippen molar-refractivity contribution in [3.8, 4) is 0 Å². The average molecular weight is 270 g/mol. The third-order valence-electron chi connectivity index (χ3n) is 3.66. The highest BCUT2D eigenvalue weighted by molar-refractivity contribution is 8.00. The summed E-state index contributed by atoms with van der Waals surface area (Å²) >= 11 is 1.77. The molecule has 2 aromatic carbocycles. The van der Waals surface area contributed by atoms with Gasteiger partial charge in [-0.15, -0.1) is 0 Å². The quantitative estimate of drug-likeness (QED) is 0.784. The first-order valence-electron chi connectivity index (χ1n) is 6.46. The van der Waals surface area contributed by atoms with Gasteiger partial charge in [-0.05, 0) is 11.1 Å². The summed E-state index contributed by atoms with van der Waals surface area (Å²) in [5.74, 6) is 0. The van der Waals surface area contributed by atoms with E-state index in [9.17, 15) is 0 Å². The zero-order chi connectivity index (χ0) is 12.7. The van der Waals surface area contributed by atoms with E-state index in [1.54, 1.807) is 11.8 Å². The minimum absolute atomic E-state index is 0.340. The molecule has 4 rings (SSSR count). The molecule has 2 aliphatic heterocycles. The monoisotopic (exact) mass is 270 g/mol. The number of fused-ring (bicyclic) bond motifs is 2. The Kier molecular flexibility index (Phi) is 2.65. The van der Waals surface area contributed by atoms with E-state index >= 15 is 0 Å². The maximum Gasteiger partial charge on any atom is 0.247 e. The molecule has 1 fully saturated rings.